The molecule has 3 heterocycles. The van der Waals surface area contributed by atoms with Crippen molar-refractivity contribution in [1.29, 1.82) is 0 Å². The Balaban J connectivity index is 1.57. The molecule has 3 aliphatic rings. The van der Waals surface area contributed by atoms with Gasteiger partial charge in [-0.15, -0.1) is 0 Å². The standard InChI is InChI=1S/C18H25N3O2/c22-17(13-4-2-1-3-5-13)20-15-6-7-16-14-8-12(9-19-10-14)11-21(16)18(15)23/h6-7,12-14,19H,1-5,8-11H2,(H,20,22). The maximum Gasteiger partial charge on any atom is 0.274 e. The van der Waals surface area contributed by atoms with E-state index in [0.29, 0.717) is 17.5 Å². The molecule has 1 saturated carbocycles. The van der Waals surface area contributed by atoms with Crippen molar-refractivity contribution in [2.75, 3.05) is 18.4 Å². The second kappa shape index (κ2) is 6.11. The van der Waals surface area contributed by atoms with Crippen LogP contribution in [0, 0.1) is 11.8 Å². The van der Waals surface area contributed by atoms with Crippen LogP contribution < -0.4 is 16.2 Å². The van der Waals surface area contributed by atoms with Crippen LogP contribution in [0.3, 0.4) is 0 Å². The molecule has 0 radical (unpaired) electrons. The molecule has 2 unspecified atom stereocenters. The van der Waals surface area contributed by atoms with Crippen LogP contribution in [0.2, 0.25) is 0 Å². The Hall–Kier alpha value is -1.62. The van der Waals surface area contributed by atoms with Gasteiger partial charge in [0.25, 0.3) is 5.56 Å². The summed E-state index contributed by atoms with van der Waals surface area (Å²) in [6.07, 6.45) is 6.54. The largest absolute Gasteiger partial charge is 0.321 e. The number of piperidine rings is 1. The van der Waals surface area contributed by atoms with Gasteiger partial charge in [-0.2, -0.15) is 0 Å². The van der Waals surface area contributed by atoms with Crippen molar-refractivity contribution in [1.82, 2.24) is 9.88 Å². The summed E-state index contributed by atoms with van der Waals surface area (Å²) in [6, 6.07) is 3.84. The van der Waals surface area contributed by atoms with Crippen LogP contribution in [-0.2, 0) is 11.3 Å². The Morgan fingerprint density at radius 3 is 2.83 bits per heavy atom. The fourth-order valence-corrected chi connectivity index (χ4v) is 4.49. The molecule has 1 aromatic heterocycles. The minimum Gasteiger partial charge on any atom is -0.321 e. The normalized spacial score (nSPS) is 27.3. The molecule has 124 valence electrons. The predicted molar refractivity (Wildman–Crippen MR) is 89.6 cm³/mol. The zero-order valence-corrected chi connectivity index (χ0v) is 13.5. The Bertz CT molecular complexity index is 661. The number of nitrogens with one attached hydrogen (secondary N) is 2. The van der Waals surface area contributed by atoms with E-state index in [9.17, 15) is 9.59 Å². The lowest BCUT2D eigenvalue weighted by atomic mass is 9.84. The molecule has 5 heteroatoms. The summed E-state index contributed by atoms with van der Waals surface area (Å²) < 4.78 is 1.90. The third kappa shape index (κ3) is 2.82. The molecule has 0 aromatic carbocycles. The molecule has 1 aromatic rings. The van der Waals surface area contributed by atoms with Gasteiger partial charge in [0.1, 0.15) is 5.69 Å². The van der Waals surface area contributed by atoms with Gasteiger partial charge in [0.2, 0.25) is 5.91 Å². The highest BCUT2D eigenvalue weighted by molar-refractivity contribution is 5.92. The summed E-state index contributed by atoms with van der Waals surface area (Å²) in [5.74, 6) is 1.06. The maximum absolute atomic E-state index is 12.8. The van der Waals surface area contributed by atoms with Gasteiger partial charge >= 0.3 is 0 Å². The van der Waals surface area contributed by atoms with E-state index < -0.39 is 0 Å². The van der Waals surface area contributed by atoms with Gasteiger partial charge in [-0.1, -0.05) is 19.3 Å². The van der Waals surface area contributed by atoms with Gasteiger partial charge in [-0.25, -0.2) is 0 Å². The lowest BCUT2D eigenvalue weighted by molar-refractivity contribution is -0.120. The Labute approximate surface area is 136 Å². The molecular weight excluding hydrogens is 290 g/mol. The van der Waals surface area contributed by atoms with E-state index in [1.165, 1.54) is 12.8 Å². The van der Waals surface area contributed by atoms with Crippen LogP contribution in [0.25, 0.3) is 0 Å². The third-order valence-corrected chi connectivity index (χ3v) is 5.74. The number of carbonyl (C=O) groups excluding carboxylic acids is 1. The average Bonchev–Trinajstić information content (AvgIpc) is 2.59. The first-order valence-electron chi connectivity index (χ1n) is 8.97. The van der Waals surface area contributed by atoms with Crippen molar-refractivity contribution in [3.63, 3.8) is 0 Å². The Morgan fingerprint density at radius 1 is 1.17 bits per heavy atom. The van der Waals surface area contributed by atoms with Crippen molar-refractivity contribution in [3.05, 3.63) is 28.2 Å². The zero-order chi connectivity index (χ0) is 15.8. The van der Waals surface area contributed by atoms with E-state index in [2.05, 4.69) is 10.6 Å². The summed E-state index contributed by atoms with van der Waals surface area (Å²) in [7, 11) is 0. The van der Waals surface area contributed by atoms with Crippen LogP contribution in [0.15, 0.2) is 16.9 Å². The number of carbonyl (C=O) groups is 1. The molecule has 4 rings (SSSR count). The van der Waals surface area contributed by atoms with Crippen molar-refractivity contribution in [3.8, 4) is 0 Å². The summed E-state index contributed by atoms with van der Waals surface area (Å²) in [5.41, 5.74) is 1.55. The molecule has 0 spiro atoms. The number of fused-ring (bicyclic) bond motifs is 4. The van der Waals surface area contributed by atoms with Crippen LogP contribution in [0.1, 0.15) is 50.1 Å². The predicted octanol–water partition coefficient (Wildman–Crippen LogP) is 2.07. The third-order valence-electron chi connectivity index (χ3n) is 5.74. The zero-order valence-electron chi connectivity index (χ0n) is 13.5. The van der Waals surface area contributed by atoms with Gasteiger partial charge in [0.15, 0.2) is 0 Å². The number of anilines is 1. The van der Waals surface area contributed by atoms with Crippen molar-refractivity contribution in [2.45, 2.75) is 51.0 Å². The fourth-order valence-electron chi connectivity index (χ4n) is 4.49. The van der Waals surface area contributed by atoms with Gasteiger partial charge in [-0.05, 0) is 43.9 Å². The van der Waals surface area contributed by atoms with Crippen LogP contribution in [0.4, 0.5) is 5.69 Å². The monoisotopic (exact) mass is 315 g/mol. The highest BCUT2D eigenvalue weighted by Crippen LogP contribution is 2.32. The lowest BCUT2D eigenvalue weighted by Gasteiger charge is -2.37. The van der Waals surface area contributed by atoms with Crippen molar-refractivity contribution >= 4 is 11.6 Å². The van der Waals surface area contributed by atoms with E-state index in [4.69, 9.17) is 0 Å². The molecule has 23 heavy (non-hydrogen) atoms. The molecule has 1 amide bonds. The fraction of sp³-hybridized carbons (Fsp3) is 0.667. The van der Waals surface area contributed by atoms with Crippen molar-refractivity contribution < 1.29 is 4.79 Å². The quantitative estimate of drug-likeness (QED) is 0.878. The molecule has 5 nitrogen and oxygen atoms in total. The number of nitrogens with zero attached hydrogens (tertiary/aromatic N) is 1. The van der Waals surface area contributed by atoms with Crippen LogP contribution >= 0.6 is 0 Å². The first-order valence-corrected chi connectivity index (χ1v) is 8.97. The summed E-state index contributed by atoms with van der Waals surface area (Å²) in [6.45, 7) is 2.70. The average molecular weight is 315 g/mol. The Morgan fingerprint density at radius 2 is 2.00 bits per heavy atom. The maximum atomic E-state index is 12.8. The lowest BCUT2D eigenvalue weighted by Crippen LogP contribution is -2.45. The second-order valence-electron chi connectivity index (χ2n) is 7.37. The number of amides is 1. The van der Waals surface area contributed by atoms with Crippen LogP contribution in [-0.4, -0.2) is 23.6 Å². The topological polar surface area (TPSA) is 63.1 Å². The first kappa shape index (κ1) is 14.9. The Kier molecular flexibility index (Phi) is 3.97. The van der Waals surface area contributed by atoms with Gasteiger partial charge < -0.3 is 15.2 Å². The number of hydrogen-bond acceptors (Lipinski definition) is 3. The summed E-state index contributed by atoms with van der Waals surface area (Å²) in [5, 5.41) is 6.36. The van der Waals surface area contributed by atoms with Gasteiger partial charge in [0, 0.05) is 30.6 Å². The highest BCUT2D eigenvalue weighted by atomic mass is 16.2. The molecule has 2 atom stereocenters. The van der Waals surface area contributed by atoms with Gasteiger partial charge in [0.05, 0.1) is 0 Å². The second-order valence-corrected chi connectivity index (χ2v) is 7.37. The van der Waals surface area contributed by atoms with E-state index in [-0.39, 0.29) is 17.4 Å². The summed E-state index contributed by atoms with van der Waals surface area (Å²) >= 11 is 0. The van der Waals surface area contributed by atoms with E-state index in [1.807, 2.05) is 16.7 Å². The highest BCUT2D eigenvalue weighted by Gasteiger charge is 2.31. The molecular formula is C18H25N3O2. The smallest absolute Gasteiger partial charge is 0.274 e. The SMILES string of the molecule is O=C(Nc1ccc2n(c1=O)CC1CNCC2C1)C1CCCCC1. The van der Waals surface area contributed by atoms with Crippen molar-refractivity contribution in [2.24, 2.45) is 11.8 Å². The molecule has 2 aliphatic heterocycles. The van der Waals surface area contributed by atoms with E-state index in [1.54, 1.807) is 0 Å². The number of pyridine rings is 1. The molecule has 1 aliphatic carbocycles. The molecule has 2 bridgehead atoms. The van der Waals surface area contributed by atoms with Gasteiger partial charge in [-0.3, -0.25) is 9.59 Å². The first-order chi connectivity index (χ1) is 11.2. The number of rotatable bonds is 2. The molecule has 2 fully saturated rings. The minimum absolute atomic E-state index is 0.0248. The van der Waals surface area contributed by atoms with E-state index in [0.717, 1.165) is 51.0 Å². The summed E-state index contributed by atoms with van der Waals surface area (Å²) in [4.78, 5) is 25.2. The number of hydrogen-bond donors (Lipinski definition) is 2. The van der Waals surface area contributed by atoms with E-state index >= 15 is 0 Å². The minimum atomic E-state index is -0.0248. The van der Waals surface area contributed by atoms with Crippen LogP contribution in [0.5, 0.6) is 0 Å². The molecule has 2 N–H and O–H groups in total. The molecule has 1 saturated heterocycles. The number of aromatic nitrogens is 1.